The smallest absolute Gasteiger partial charge is 0.0983 e. The van der Waals surface area contributed by atoms with Gasteiger partial charge in [0.15, 0.2) is 0 Å². The normalized spacial score (nSPS) is 33.0. The minimum absolute atomic E-state index is 0.259. The number of ether oxygens (including phenoxy) is 2. The van der Waals surface area contributed by atoms with Crippen LogP contribution in [0, 0.1) is 0 Å². The molecule has 0 aromatic carbocycles. The molecule has 0 amide bonds. The van der Waals surface area contributed by atoms with E-state index in [1.54, 1.807) is 0 Å². The third-order valence-electron chi connectivity index (χ3n) is 1.78. The van der Waals surface area contributed by atoms with Crippen molar-refractivity contribution in [1.29, 1.82) is 0 Å². The van der Waals surface area contributed by atoms with E-state index in [1.807, 2.05) is 14.0 Å². The van der Waals surface area contributed by atoms with Gasteiger partial charge in [0.05, 0.1) is 25.4 Å². The lowest BCUT2D eigenvalue weighted by molar-refractivity contribution is 0.0423. The van der Waals surface area contributed by atoms with E-state index >= 15 is 0 Å². The number of nitrogens with one attached hydrogen (secondary N) is 1. The van der Waals surface area contributed by atoms with E-state index in [4.69, 9.17) is 9.47 Å². The van der Waals surface area contributed by atoms with E-state index in [2.05, 4.69) is 5.32 Å². The van der Waals surface area contributed by atoms with E-state index in [9.17, 15) is 0 Å². The minimum Gasteiger partial charge on any atom is -0.377 e. The van der Waals surface area contributed by atoms with Gasteiger partial charge in [-0.2, -0.15) is 0 Å². The summed E-state index contributed by atoms with van der Waals surface area (Å²) in [5.74, 6) is 0. The second-order valence-electron chi connectivity index (χ2n) is 2.43. The zero-order valence-electron chi connectivity index (χ0n) is 6.59. The molecule has 1 rings (SSSR count). The molecule has 0 radical (unpaired) electrons. The van der Waals surface area contributed by atoms with Crippen LogP contribution in [0.2, 0.25) is 0 Å². The Morgan fingerprint density at radius 3 is 3.00 bits per heavy atom. The van der Waals surface area contributed by atoms with Crippen LogP contribution in [0.5, 0.6) is 0 Å². The lowest BCUT2D eigenvalue weighted by Gasteiger charge is -2.15. The van der Waals surface area contributed by atoms with Crippen LogP contribution in [0.4, 0.5) is 0 Å². The summed E-state index contributed by atoms with van der Waals surface area (Å²) >= 11 is 0. The lowest BCUT2D eigenvalue weighted by Crippen LogP contribution is -2.38. The highest BCUT2D eigenvalue weighted by atomic mass is 16.5. The number of likely N-dealkylation sites (N-methyl/N-ethyl adjacent to an activating group) is 1. The number of rotatable bonds is 3. The molecule has 0 aliphatic carbocycles. The first kappa shape index (κ1) is 7.98. The van der Waals surface area contributed by atoms with Crippen molar-refractivity contribution in [3.63, 3.8) is 0 Å². The number of hydrogen-bond donors (Lipinski definition) is 1. The fraction of sp³-hybridized carbons (Fsp3) is 1.00. The molecular weight excluding hydrogens is 130 g/mol. The Bertz CT molecular complexity index is 97.6. The summed E-state index contributed by atoms with van der Waals surface area (Å²) in [5.41, 5.74) is 0. The van der Waals surface area contributed by atoms with Crippen LogP contribution < -0.4 is 5.32 Å². The van der Waals surface area contributed by atoms with Crippen LogP contribution in [-0.4, -0.2) is 39.0 Å². The van der Waals surface area contributed by atoms with Gasteiger partial charge in [-0.3, -0.25) is 0 Å². The molecule has 0 spiro atoms. The van der Waals surface area contributed by atoms with Gasteiger partial charge in [0.25, 0.3) is 0 Å². The maximum Gasteiger partial charge on any atom is 0.0983 e. The molecule has 60 valence electrons. The Balaban J connectivity index is 2.27. The molecule has 10 heavy (non-hydrogen) atoms. The van der Waals surface area contributed by atoms with E-state index in [0.717, 1.165) is 19.8 Å². The van der Waals surface area contributed by atoms with Crippen molar-refractivity contribution in [3.8, 4) is 0 Å². The molecule has 1 aliphatic heterocycles. The fourth-order valence-corrected chi connectivity index (χ4v) is 1.18. The summed E-state index contributed by atoms with van der Waals surface area (Å²) < 4.78 is 10.6. The first-order valence-corrected chi connectivity index (χ1v) is 3.75. The molecule has 1 heterocycles. The predicted molar refractivity (Wildman–Crippen MR) is 39.1 cm³/mol. The zero-order valence-corrected chi connectivity index (χ0v) is 6.59. The van der Waals surface area contributed by atoms with E-state index < -0.39 is 0 Å². The Morgan fingerprint density at radius 2 is 2.40 bits per heavy atom. The molecule has 0 saturated carbocycles. The first-order chi connectivity index (χ1) is 4.88. The van der Waals surface area contributed by atoms with Crippen LogP contribution in [0.1, 0.15) is 6.92 Å². The molecule has 3 heteroatoms. The van der Waals surface area contributed by atoms with Crippen LogP contribution in [-0.2, 0) is 9.47 Å². The molecule has 0 bridgehead atoms. The van der Waals surface area contributed by atoms with Crippen molar-refractivity contribution in [2.45, 2.75) is 19.1 Å². The quantitative estimate of drug-likeness (QED) is 0.607. The van der Waals surface area contributed by atoms with Crippen LogP contribution >= 0.6 is 0 Å². The Hall–Kier alpha value is -0.120. The van der Waals surface area contributed by atoms with Gasteiger partial charge in [-0.15, -0.1) is 0 Å². The van der Waals surface area contributed by atoms with E-state index in [0.29, 0.717) is 6.04 Å². The fourth-order valence-electron chi connectivity index (χ4n) is 1.18. The Labute approximate surface area is 61.7 Å². The van der Waals surface area contributed by atoms with Crippen molar-refractivity contribution >= 4 is 0 Å². The van der Waals surface area contributed by atoms with Gasteiger partial charge < -0.3 is 14.8 Å². The summed E-state index contributed by atoms with van der Waals surface area (Å²) in [7, 11) is 1.94. The van der Waals surface area contributed by atoms with E-state index in [-0.39, 0.29) is 6.10 Å². The molecule has 1 aliphatic rings. The van der Waals surface area contributed by atoms with Crippen molar-refractivity contribution in [2.24, 2.45) is 0 Å². The minimum atomic E-state index is 0.259. The third-order valence-corrected chi connectivity index (χ3v) is 1.78. The summed E-state index contributed by atoms with van der Waals surface area (Å²) in [6.45, 7) is 4.29. The zero-order chi connectivity index (χ0) is 7.40. The van der Waals surface area contributed by atoms with Gasteiger partial charge in [-0.05, 0) is 14.0 Å². The Morgan fingerprint density at radius 1 is 1.60 bits per heavy atom. The summed E-state index contributed by atoms with van der Waals surface area (Å²) in [6, 6.07) is 0.389. The molecule has 2 atom stereocenters. The van der Waals surface area contributed by atoms with Crippen molar-refractivity contribution in [3.05, 3.63) is 0 Å². The molecule has 3 nitrogen and oxygen atoms in total. The van der Waals surface area contributed by atoms with Crippen LogP contribution in [0.15, 0.2) is 0 Å². The second kappa shape index (κ2) is 3.91. The number of hydrogen-bond acceptors (Lipinski definition) is 3. The van der Waals surface area contributed by atoms with Gasteiger partial charge in [-0.1, -0.05) is 0 Å². The third kappa shape index (κ3) is 1.68. The first-order valence-electron chi connectivity index (χ1n) is 3.75. The molecule has 0 aromatic rings. The standard InChI is InChI=1S/C7H15NO2/c1-3-10-7-5-9-4-6(7)8-2/h6-8H,3-5H2,1-2H3/t6-,7+/m0/s1. The highest BCUT2D eigenvalue weighted by molar-refractivity contribution is 4.80. The van der Waals surface area contributed by atoms with E-state index in [1.165, 1.54) is 0 Å². The molecule has 1 fully saturated rings. The molecule has 1 saturated heterocycles. The van der Waals surface area contributed by atoms with Crippen molar-refractivity contribution < 1.29 is 9.47 Å². The molecular formula is C7H15NO2. The summed E-state index contributed by atoms with van der Waals surface area (Å²) in [4.78, 5) is 0. The van der Waals surface area contributed by atoms with Crippen molar-refractivity contribution in [2.75, 3.05) is 26.9 Å². The molecule has 1 N–H and O–H groups in total. The average Bonchev–Trinajstić information content (AvgIpc) is 2.36. The predicted octanol–water partition coefficient (Wildman–Crippen LogP) is 0.00970. The summed E-state index contributed by atoms with van der Waals surface area (Å²) in [5, 5.41) is 3.15. The van der Waals surface area contributed by atoms with Gasteiger partial charge in [-0.25, -0.2) is 0 Å². The van der Waals surface area contributed by atoms with Crippen molar-refractivity contribution in [1.82, 2.24) is 5.32 Å². The molecule has 0 aromatic heterocycles. The lowest BCUT2D eigenvalue weighted by atomic mass is 10.2. The van der Waals surface area contributed by atoms with Gasteiger partial charge in [0.1, 0.15) is 0 Å². The average molecular weight is 145 g/mol. The van der Waals surface area contributed by atoms with Gasteiger partial charge in [0, 0.05) is 6.61 Å². The topological polar surface area (TPSA) is 30.5 Å². The second-order valence-corrected chi connectivity index (χ2v) is 2.43. The maximum absolute atomic E-state index is 5.42. The molecule has 0 unspecified atom stereocenters. The van der Waals surface area contributed by atoms with Gasteiger partial charge in [0.2, 0.25) is 0 Å². The SMILES string of the molecule is CCO[C@@H]1COC[C@@H]1NC. The van der Waals surface area contributed by atoms with Crippen LogP contribution in [0.25, 0.3) is 0 Å². The highest BCUT2D eigenvalue weighted by Gasteiger charge is 2.26. The highest BCUT2D eigenvalue weighted by Crippen LogP contribution is 2.08. The van der Waals surface area contributed by atoms with Crippen LogP contribution in [0.3, 0.4) is 0 Å². The summed E-state index contributed by atoms with van der Waals surface area (Å²) in [6.07, 6.45) is 0.259. The largest absolute Gasteiger partial charge is 0.377 e. The monoisotopic (exact) mass is 145 g/mol. The maximum atomic E-state index is 5.42. The Kier molecular flexibility index (Phi) is 3.12. The van der Waals surface area contributed by atoms with Gasteiger partial charge >= 0.3 is 0 Å².